The van der Waals surface area contributed by atoms with Crippen LogP contribution in [0.5, 0.6) is 0 Å². The number of hydrogen-bond donors (Lipinski definition) is 2. The Morgan fingerprint density at radius 2 is 2.50 bits per heavy atom. The van der Waals surface area contributed by atoms with Crippen molar-refractivity contribution in [3.8, 4) is 0 Å². The van der Waals surface area contributed by atoms with Crippen molar-refractivity contribution in [1.29, 1.82) is 0 Å². The van der Waals surface area contributed by atoms with E-state index in [9.17, 15) is 0 Å². The SMILES string of the molecule is NC1CCCC1Sc1ncc[nH]1. The summed E-state index contributed by atoms with van der Waals surface area (Å²) in [6, 6.07) is 0.361. The summed E-state index contributed by atoms with van der Waals surface area (Å²) in [5.74, 6) is 0. The van der Waals surface area contributed by atoms with Gasteiger partial charge in [0.15, 0.2) is 5.16 Å². The highest BCUT2D eigenvalue weighted by molar-refractivity contribution is 7.99. The zero-order valence-corrected chi connectivity index (χ0v) is 7.68. The molecule has 1 heterocycles. The Bertz CT molecular complexity index is 234. The van der Waals surface area contributed by atoms with Gasteiger partial charge in [0.1, 0.15) is 0 Å². The number of rotatable bonds is 2. The predicted molar refractivity (Wildman–Crippen MR) is 50.1 cm³/mol. The minimum Gasteiger partial charge on any atom is -0.340 e. The molecule has 1 aliphatic rings. The fourth-order valence-corrected chi connectivity index (χ4v) is 2.70. The zero-order valence-electron chi connectivity index (χ0n) is 6.86. The van der Waals surface area contributed by atoms with Crippen molar-refractivity contribution in [2.24, 2.45) is 5.73 Å². The van der Waals surface area contributed by atoms with E-state index >= 15 is 0 Å². The molecule has 1 fully saturated rings. The Morgan fingerprint density at radius 3 is 3.08 bits per heavy atom. The number of aromatic amines is 1. The lowest BCUT2D eigenvalue weighted by molar-refractivity contribution is 0.714. The first kappa shape index (κ1) is 8.13. The van der Waals surface area contributed by atoms with Crippen LogP contribution < -0.4 is 5.73 Å². The van der Waals surface area contributed by atoms with Crippen LogP contribution in [-0.4, -0.2) is 21.3 Å². The van der Waals surface area contributed by atoms with Crippen LogP contribution in [-0.2, 0) is 0 Å². The van der Waals surface area contributed by atoms with Crippen LogP contribution >= 0.6 is 11.8 Å². The second-order valence-corrected chi connectivity index (χ2v) is 4.37. The van der Waals surface area contributed by atoms with Gasteiger partial charge in [-0.15, -0.1) is 0 Å². The first-order chi connectivity index (χ1) is 5.86. The molecule has 4 heteroatoms. The summed E-state index contributed by atoms with van der Waals surface area (Å²) >= 11 is 1.77. The smallest absolute Gasteiger partial charge is 0.165 e. The van der Waals surface area contributed by atoms with Gasteiger partial charge in [-0.1, -0.05) is 18.2 Å². The topological polar surface area (TPSA) is 54.7 Å². The van der Waals surface area contributed by atoms with Crippen molar-refractivity contribution >= 4 is 11.8 Å². The van der Waals surface area contributed by atoms with E-state index in [4.69, 9.17) is 5.73 Å². The van der Waals surface area contributed by atoms with E-state index in [1.54, 1.807) is 18.0 Å². The Labute approximate surface area is 76.1 Å². The van der Waals surface area contributed by atoms with E-state index in [-0.39, 0.29) is 0 Å². The summed E-state index contributed by atoms with van der Waals surface area (Å²) < 4.78 is 0. The van der Waals surface area contributed by atoms with E-state index < -0.39 is 0 Å². The molecule has 12 heavy (non-hydrogen) atoms. The Hall–Kier alpha value is -0.480. The minimum atomic E-state index is 0.361. The van der Waals surface area contributed by atoms with E-state index in [0.717, 1.165) is 5.16 Å². The first-order valence-corrected chi connectivity index (χ1v) is 5.16. The first-order valence-electron chi connectivity index (χ1n) is 4.28. The molecule has 2 unspecified atom stereocenters. The maximum absolute atomic E-state index is 5.93. The quantitative estimate of drug-likeness (QED) is 0.728. The Morgan fingerprint density at radius 1 is 1.58 bits per heavy atom. The molecule has 3 N–H and O–H groups in total. The van der Waals surface area contributed by atoms with E-state index in [2.05, 4.69) is 9.97 Å². The molecule has 0 spiro atoms. The number of nitrogens with zero attached hydrogens (tertiary/aromatic N) is 1. The number of nitrogens with two attached hydrogens (primary N) is 1. The summed E-state index contributed by atoms with van der Waals surface area (Å²) in [5.41, 5.74) is 5.93. The van der Waals surface area contributed by atoms with Gasteiger partial charge in [0.2, 0.25) is 0 Å². The molecule has 0 aliphatic heterocycles. The lowest BCUT2D eigenvalue weighted by Gasteiger charge is -2.11. The van der Waals surface area contributed by atoms with Gasteiger partial charge in [-0.2, -0.15) is 0 Å². The largest absolute Gasteiger partial charge is 0.340 e. The Balaban J connectivity index is 1.95. The van der Waals surface area contributed by atoms with Gasteiger partial charge in [-0.05, 0) is 12.8 Å². The van der Waals surface area contributed by atoms with E-state index in [1.165, 1.54) is 19.3 Å². The highest BCUT2D eigenvalue weighted by Gasteiger charge is 2.25. The fourth-order valence-electron chi connectivity index (χ4n) is 1.56. The molecule has 0 radical (unpaired) electrons. The third kappa shape index (κ3) is 1.64. The van der Waals surface area contributed by atoms with Gasteiger partial charge in [0.25, 0.3) is 0 Å². The summed E-state index contributed by atoms with van der Waals surface area (Å²) in [6.07, 6.45) is 7.29. The van der Waals surface area contributed by atoms with Gasteiger partial charge in [-0.3, -0.25) is 0 Å². The average molecular weight is 183 g/mol. The second kappa shape index (κ2) is 3.49. The molecule has 1 aromatic heterocycles. The highest BCUT2D eigenvalue weighted by Crippen LogP contribution is 2.31. The average Bonchev–Trinajstić information content (AvgIpc) is 2.65. The van der Waals surface area contributed by atoms with Crippen LogP contribution in [0.1, 0.15) is 19.3 Å². The number of aromatic nitrogens is 2. The van der Waals surface area contributed by atoms with Crippen LogP contribution in [0.25, 0.3) is 0 Å². The van der Waals surface area contributed by atoms with Crippen LogP contribution in [0.15, 0.2) is 17.6 Å². The van der Waals surface area contributed by atoms with Crippen molar-refractivity contribution in [1.82, 2.24) is 9.97 Å². The molecule has 1 saturated carbocycles. The lowest BCUT2D eigenvalue weighted by Crippen LogP contribution is -2.26. The summed E-state index contributed by atoms with van der Waals surface area (Å²) in [6.45, 7) is 0. The highest BCUT2D eigenvalue weighted by atomic mass is 32.2. The van der Waals surface area contributed by atoms with Crippen LogP contribution in [0.3, 0.4) is 0 Å². The molecule has 2 rings (SSSR count). The normalized spacial score (nSPS) is 29.4. The molecule has 2 atom stereocenters. The third-order valence-electron chi connectivity index (χ3n) is 2.24. The number of nitrogens with one attached hydrogen (secondary N) is 1. The summed E-state index contributed by atoms with van der Waals surface area (Å²) in [7, 11) is 0. The van der Waals surface area contributed by atoms with Gasteiger partial charge in [-0.25, -0.2) is 4.98 Å². The molecule has 0 bridgehead atoms. The molecule has 0 amide bonds. The minimum absolute atomic E-state index is 0.361. The summed E-state index contributed by atoms with van der Waals surface area (Å²) in [5, 5.41) is 1.56. The molecule has 0 saturated heterocycles. The van der Waals surface area contributed by atoms with Crippen molar-refractivity contribution in [3.05, 3.63) is 12.4 Å². The molecule has 66 valence electrons. The van der Waals surface area contributed by atoms with Crippen LogP contribution in [0.4, 0.5) is 0 Å². The molecular weight excluding hydrogens is 170 g/mol. The maximum atomic E-state index is 5.93. The monoisotopic (exact) mass is 183 g/mol. The Kier molecular flexibility index (Phi) is 2.37. The maximum Gasteiger partial charge on any atom is 0.165 e. The molecular formula is C8H13N3S. The molecule has 0 aromatic carbocycles. The third-order valence-corrected chi connectivity index (χ3v) is 3.57. The zero-order chi connectivity index (χ0) is 8.39. The van der Waals surface area contributed by atoms with Gasteiger partial charge >= 0.3 is 0 Å². The van der Waals surface area contributed by atoms with Crippen molar-refractivity contribution < 1.29 is 0 Å². The second-order valence-electron chi connectivity index (χ2n) is 3.15. The molecule has 3 nitrogen and oxygen atoms in total. The van der Waals surface area contributed by atoms with Crippen LogP contribution in [0.2, 0.25) is 0 Å². The van der Waals surface area contributed by atoms with Gasteiger partial charge in [0, 0.05) is 23.7 Å². The lowest BCUT2D eigenvalue weighted by atomic mass is 10.3. The number of hydrogen-bond acceptors (Lipinski definition) is 3. The fraction of sp³-hybridized carbons (Fsp3) is 0.625. The standard InChI is InChI=1S/C8H13N3S/c9-6-2-1-3-7(6)12-8-10-4-5-11-8/h4-7H,1-3,9H2,(H,10,11). The number of H-pyrrole nitrogens is 1. The van der Waals surface area contributed by atoms with Gasteiger partial charge < -0.3 is 10.7 Å². The predicted octanol–water partition coefficient (Wildman–Crippen LogP) is 1.38. The van der Waals surface area contributed by atoms with Crippen molar-refractivity contribution in [2.45, 2.75) is 35.7 Å². The number of thioether (sulfide) groups is 1. The number of imidazole rings is 1. The summed E-state index contributed by atoms with van der Waals surface area (Å²) in [4.78, 5) is 7.25. The van der Waals surface area contributed by atoms with E-state index in [1.807, 2.05) is 6.20 Å². The molecule has 1 aliphatic carbocycles. The van der Waals surface area contributed by atoms with E-state index in [0.29, 0.717) is 11.3 Å². The van der Waals surface area contributed by atoms with Gasteiger partial charge in [0.05, 0.1) is 0 Å². The van der Waals surface area contributed by atoms with Crippen molar-refractivity contribution in [3.63, 3.8) is 0 Å². The molecule has 1 aromatic rings. The van der Waals surface area contributed by atoms with Crippen LogP contribution in [0, 0.1) is 0 Å². The van der Waals surface area contributed by atoms with Crippen molar-refractivity contribution in [2.75, 3.05) is 0 Å².